The van der Waals surface area contributed by atoms with E-state index in [9.17, 15) is 14.6 Å². The number of nitrogens with zero attached hydrogens (tertiary/aromatic N) is 1. The van der Waals surface area contributed by atoms with Gasteiger partial charge in [0.05, 0.1) is 0 Å². The van der Waals surface area contributed by atoms with Crippen molar-refractivity contribution in [3.63, 3.8) is 0 Å². The van der Waals surface area contributed by atoms with Crippen LogP contribution in [0.1, 0.15) is 39.0 Å². The predicted molar refractivity (Wildman–Crippen MR) is 107 cm³/mol. The third kappa shape index (κ3) is 28.0. The first-order chi connectivity index (χ1) is 13.0. The molecule has 0 rings (SSSR count). The van der Waals surface area contributed by atoms with Crippen LogP contribution in [0.15, 0.2) is 0 Å². The minimum absolute atomic E-state index is 0. The van der Waals surface area contributed by atoms with E-state index in [0.717, 1.165) is 50.3 Å². The van der Waals surface area contributed by atoms with E-state index in [4.69, 9.17) is 19.6 Å². The quantitative estimate of drug-likeness (QED) is 0.0551. The smallest absolute Gasteiger partial charge is 0.631 e. The van der Waals surface area contributed by atoms with Crippen molar-refractivity contribution in [2.45, 2.75) is 39.0 Å². The molecule has 0 saturated heterocycles. The third-order valence-corrected chi connectivity index (χ3v) is 5.17. The van der Waals surface area contributed by atoms with Gasteiger partial charge in [0.1, 0.15) is 0 Å². The van der Waals surface area contributed by atoms with E-state index in [1.807, 2.05) is 0 Å². The van der Waals surface area contributed by atoms with Gasteiger partial charge in [-0.15, -0.1) is 0 Å². The topological polar surface area (TPSA) is 183 Å². The molecule has 168 valence electrons. The van der Waals surface area contributed by atoms with Crippen LogP contribution in [0.5, 0.6) is 0 Å². The second-order valence-electron chi connectivity index (χ2n) is 6.67. The average Bonchev–Trinajstić information content (AvgIpc) is 2.53. The minimum atomic E-state index is -4.44. The number of amides is 1. The van der Waals surface area contributed by atoms with Crippen LogP contribution in [0.25, 0.3) is 0 Å². The zero-order chi connectivity index (χ0) is 21.5. The van der Waals surface area contributed by atoms with Crippen LogP contribution >= 0.6 is 15.9 Å². The van der Waals surface area contributed by atoms with Crippen molar-refractivity contribution in [1.82, 2.24) is 20.9 Å². The SMILES string of the molecule is CCCNCCCNCCCNC(=O)CCCN(C[P+]([O-])(O)O)C[P+]([O-])(O)O.[Na+].[Na+]. The first kappa shape index (κ1) is 36.5. The van der Waals surface area contributed by atoms with Crippen LogP contribution in [-0.4, -0.2) is 82.2 Å². The molecule has 0 aromatic carbocycles. The van der Waals surface area contributed by atoms with Crippen LogP contribution in [0, 0.1) is 0 Å². The van der Waals surface area contributed by atoms with E-state index >= 15 is 0 Å². The third-order valence-electron chi connectivity index (χ3n) is 3.63. The van der Waals surface area contributed by atoms with Crippen molar-refractivity contribution >= 4 is 21.8 Å². The number of carbonyl (C=O) groups excluding carboxylic acids is 1. The van der Waals surface area contributed by atoms with Gasteiger partial charge in [0, 0.05) is 19.5 Å². The molecular weight excluding hydrogens is 456 g/mol. The number of nitrogens with one attached hydrogen (secondary N) is 3. The summed E-state index contributed by atoms with van der Waals surface area (Å²) in [5.41, 5.74) is 0. The predicted octanol–water partition coefficient (Wildman–Crippen LogP) is -8.31. The van der Waals surface area contributed by atoms with E-state index in [2.05, 4.69) is 22.9 Å². The van der Waals surface area contributed by atoms with Gasteiger partial charge in [-0.25, -0.2) is 24.5 Å². The van der Waals surface area contributed by atoms with Crippen LogP contribution < -0.4 is 84.9 Å². The van der Waals surface area contributed by atoms with Gasteiger partial charge in [-0.1, -0.05) is 6.92 Å². The van der Waals surface area contributed by atoms with E-state index < -0.39 is 28.5 Å². The van der Waals surface area contributed by atoms with Crippen molar-refractivity contribution in [3.05, 3.63) is 0 Å². The Hall–Kier alpha value is 1.97. The standard InChI is InChI=1S/C15H36N4O7P2.2Na/c1-2-7-16-8-4-9-17-10-5-11-18-15(20)6-3-12-19(13-27(21,22)23)14-28(24,25)26;;/h16-17H,2-14H2,1H3,(H,18,20)(H2,21,22,23)(H2,24,25,26);;/q;2*+1. The van der Waals surface area contributed by atoms with Crippen molar-refractivity contribution in [1.29, 1.82) is 0 Å². The Bertz CT molecular complexity index is 403. The largest absolute Gasteiger partial charge is 1.00 e. The van der Waals surface area contributed by atoms with Gasteiger partial charge in [-0.2, -0.15) is 0 Å². The number of carbonyl (C=O) groups is 1. The normalized spacial score (nSPS) is 11.7. The van der Waals surface area contributed by atoms with Crippen LogP contribution in [0.4, 0.5) is 0 Å². The summed E-state index contributed by atoms with van der Waals surface area (Å²) in [5.74, 6) is -0.198. The van der Waals surface area contributed by atoms with Crippen LogP contribution in [0.3, 0.4) is 0 Å². The maximum absolute atomic E-state index is 11.8. The second-order valence-corrected chi connectivity index (χ2v) is 9.89. The van der Waals surface area contributed by atoms with Crippen molar-refractivity contribution < 1.29 is 93.3 Å². The van der Waals surface area contributed by atoms with Crippen LogP contribution in [0.2, 0.25) is 0 Å². The number of hydrogen-bond donors (Lipinski definition) is 7. The molecule has 30 heavy (non-hydrogen) atoms. The van der Waals surface area contributed by atoms with Crippen molar-refractivity contribution in [2.75, 3.05) is 51.8 Å². The van der Waals surface area contributed by atoms with Gasteiger partial charge in [0.25, 0.3) is 0 Å². The summed E-state index contributed by atoms with van der Waals surface area (Å²) in [6.07, 6.45) is 1.82. The summed E-state index contributed by atoms with van der Waals surface area (Å²) in [6, 6.07) is 0. The Morgan fingerprint density at radius 2 is 1.30 bits per heavy atom. The van der Waals surface area contributed by atoms with Crippen molar-refractivity contribution in [2.24, 2.45) is 0 Å². The molecular formula is C15H36N4Na2O7P2+2. The van der Waals surface area contributed by atoms with E-state index in [0.29, 0.717) is 6.54 Å². The molecule has 1 amide bonds. The van der Waals surface area contributed by atoms with Gasteiger partial charge < -0.3 is 25.7 Å². The maximum atomic E-state index is 11.8. The van der Waals surface area contributed by atoms with Gasteiger partial charge in [-0.3, -0.25) is 4.79 Å². The molecule has 15 heteroatoms. The molecule has 0 atom stereocenters. The summed E-state index contributed by atoms with van der Waals surface area (Å²) in [4.78, 5) is 70.8. The first-order valence-corrected chi connectivity index (χ1v) is 13.1. The first-order valence-electron chi connectivity index (χ1n) is 9.53. The molecule has 0 aromatic heterocycles. The minimum Gasteiger partial charge on any atom is -0.631 e. The Morgan fingerprint density at radius 3 is 1.77 bits per heavy atom. The number of hydrogen-bond acceptors (Lipinski definition) is 10. The molecule has 11 nitrogen and oxygen atoms in total. The Balaban J connectivity index is -0.00000364. The molecule has 0 bridgehead atoms. The molecule has 0 radical (unpaired) electrons. The maximum Gasteiger partial charge on any atom is 1.00 e. The Morgan fingerprint density at radius 1 is 0.833 bits per heavy atom. The van der Waals surface area contributed by atoms with Gasteiger partial charge in [-0.05, 0) is 51.9 Å². The summed E-state index contributed by atoms with van der Waals surface area (Å²) in [6.45, 7) is 6.39. The molecule has 0 aliphatic heterocycles. The summed E-state index contributed by atoms with van der Waals surface area (Å²) >= 11 is 0. The Labute approximate surface area is 225 Å². The summed E-state index contributed by atoms with van der Waals surface area (Å²) in [7, 11) is -8.88. The monoisotopic (exact) mass is 492 g/mol. The van der Waals surface area contributed by atoms with E-state index in [1.165, 1.54) is 0 Å². The molecule has 0 aromatic rings. The zero-order valence-electron chi connectivity index (χ0n) is 18.5. The Kier molecular flexibility index (Phi) is 26.2. The fourth-order valence-electron chi connectivity index (χ4n) is 2.47. The number of rotatable bonds is 18. The molecule has 0 aliphatic carbocycles. The van der Waals surface area contributed by atoms with E-state index in [1.54, 1.807) is 0 Å². The molecule has 0 spiro atoms. The van der Waals surface area contributed by atoms with Gasteiger partial charge in [0.2, 0.25) is 21.8 Å². The molecule has 0 fully saturated rings. The van der Waals surface area contributed by atoms with Gasteiger partial charge in [0.15, 0.2) is 12.6 Å². The van der Waals surface area contributed by atoms with Crippen molar-refractivity contribution in [3.8, 4) is 0 Å². The summed E-state index contributed by atoms with van der Waals surface area (Å²) < 4.78 is 0. The summed E-state index contributed by atoms with van der Waals surface area (Å²) in [5, 5.41) is 9.36. The van der Waals surface area contributed by atoms with Crippen LogP contribution in [-0.2, 0) is 4.79 Å². The molecule has 0 saturated carbocycles. The molecule has 7 N–H and O–H groups in total. The average molecular weight is 492 g/mol. The second kappa shape index (κ2) is 21.5. The fourth-order valence-corrected chi connectivity index (χ4v) is 4.15. The van der Waals surface area contributed by atoms with Gasteiger partial charge >= 0.3 is 59.1 Å². The fraction of sp³-hybridized carbons (Fsp3) is 0.933. The van der Waals surface area contributed by atoms with E-state index in [-0.39, 0.29) is 84.4 Å². The molecule has 0 unspecified atom stereocenters. The molecule has 0 heterocycles. The molecule has 0 aliphatic rings. The zero-order valence-corrected chi connectivity index (χ0v) is 24.3.